The van der Waals surface area contributed by atoms with Crippen LogP contribution in [0.1, 0.15) is 105 Å². The normalized spacial score (nSPS) is 12.4. The largest absolute Gasteiger partial charge is 0.462 e. The van der Waals surface area contributed by atoms with Crippen LogP contribution in [0.5, 0.6) is 0 Å². The van der Waals surface area contributed by atoms with E-state index in [0.717, 1.165) is 24.7 Å². The lowest BCUT2D eigenvalue weighted by Gasteiger charge is -2.11. The summed E-state index contributed by atoms with van der Waals surface area (Å²) in [6.45, 7) is 12.8. The van der Waals surface area contributed by atoms with Gasteiger partial charge in [0.2, 0.25) is 0 Å². The molecule has 0 aliphatic heterocycles. The Kier molecular flexibility index (Phi) is 15.2. The van der Waals surface area contributed by atoms with Crippen molar-refractivity contribution in [2.45, 2.75) is 105 Å². The average molecular weight is 339 g/mol. The summed E-state index contributed by atoms with van der Waals surface area (Å²) in [6.07, 6.45) is 15.9. The van der Waals surface area contributed by atoms with E-state index in [1.54, 1.807) is 6.92 Å². The maximum absolute atomic E-state index is 11.2. The van der Waals surface area contributed by atoms with E-state index >= 15 is 0 Å². The molecule has 142 valence electrons. The van der Waals surface area contributed by atoms with Crippen LogP contribution in [0.4, 0.5) is 0 Å². The first-order chi connectivity index (χ1) is 11.4. The van der Waals surface area contributed by atoms with E-state index in [1.807, 2.05) is 0 Å². The molecule has 0 heterocycles. The van der Waals surface area contributed by atoms with E-state index in [0.29, 0.717) is 12.2 Å². The van der Waals surface area contributed by atoms with Crippen LogP contribution in [0.25, 0.3) is 0 Å². The minimum Gasteiger partial charge on any atom is -0.462 e. The zero-order chi connectivity index (χ0) is 18.2. The summed E-state index contributed by atoms with van der Waals surface area (Å²) in [5.41, 5.74) is 0.490. The molecule has 0 radical (unpaired) electrons. The Labute approximate surface area is 151 Å². The smallest absolute Gasteiger partial charge is 0.333 e. The average Bonchev–Trinajstić information content (AvgIpc) is 2.52. The van der Waals surface area contributed by atoms with Crippen molar-refractivity contribution in [1.29, 1.82) is 0 Å². The molecule has 0 fully saturated rings. The van der Waals surface area contributed by atoms with Gasteiger partial charge in [-0.25, -0.2) is 4.79 Å². The predicted octanol–water partition coefficient (Wildman–Crippen LogP) is 7.08. The molecule has 1 atom stereocenters. The Hall–Kier alpha value is -0.790. The van der Waals surface area contributed by atoms with E-state index in [2.05, 4.69) is 27.4 Å². The van der Waals surface area contributed by atoms with Gasteiger partial charge in [0.25, 0.3) is 0 Å². The van der Waals surface area contributed by atoms with Gasteiger partial charge in [-0.1, -0.05) is 98.0 Å². The summed E-state index contributed by atoms with van der Waals surface area (Å²) in [5, 5.41) is 0. The quantitative estimate of drug-likeness (QED) is 0.171. The summed E-state index contributed by atoms with van der Waals surface area (Å²) in [7, 11) is 0. The van der Waals surface area contributed by atoms with E-state index in [1.165, 1.54) is 64.2 Å². The van der Waals surface area contributed by atoms with Crippen LogP contribution in [-0.4, -0.2) is 12.6 Å². The van der Waals surface area contributed by atoms with E-state index in [-0.39, 0.29) is 5.97 Å². The Morgan fingerprint density at radius 2 is 1.25 bits per heavy atom. The number of carbonyl (C=O) groups excluding carboxylic acids is 1. The summed E-state index contributed by atoms with van der Waals surface area (Å²) in [6, 6.07) is 0. The van der Waals surface area contributed by atoms with Crippen molar-refractivity contribution in [3.63, 3.8) is 0 Å². The van der Waals surface area contributed by atoms with Crippen molar-refractivity contribution in [2.75, 3.05) is 6.61 Å². The van der Waals surface area contributed by atoms with Crippen LogP contribution < -0.4 is 0 Å². The Balaban J connectivity index is 3.27. The lowest BCUT2D eigenvalue weighted by molar-refractivity contribution is -0.139. The minimum absolute atomic E-state index is 0.256. The van der Waals surface area contributed by atoms with Crippen molar-refractivity contribution in [3.05, 3.63) is 12.2 Å². The molecule has 0 aromatic heterocycles. The van der Waals surface area contributed by atoms with Gasteiger partial charge in [-0.15, -0.1) is 0 Å². The Morgan fingerprint density at radius 3 is 1.75 bits per heavy atom. The van der Waals surface area contributed by atoms with Crippen LogP contribution in [0, 0.1) is 11.8 Å². The second-order valence-corrected chi connectivity index (χ2v) is 7.96. The first kappa shape index (κ1) is 23.2. The molecule has 0 amide bonds. The molecule has 0 N–H and O–H groups in total. The summed E-state index contributed by atoms with van der Waals surface area (Å²) < 4.78 is 5.09. The highest BCUT2D eigenvalue weighted by molar-refractivity contribution is 5.86. The van der Waals surface area contributed by atoms with Gasteiger partial charge >= 0.3 is 5.97 Å². The molecule has 0 saturated carbocycles. The molecule has 2 nitrogen and oxygen atoms in total. The molecule has 2 heteroatoms. The molecule has 1 unspecified atom stereocenters. The second kappa shape index (κ2) is 15.7. The van der Waals surface area contributed by atoms with Gasteiger partial charge in [0.05, 0.1) is 6.61 Å². The van der Waals surface area contributed by atoms with Gasteiger partial charge < -0.3 is 4.74 Å². The number of esters is 1. The van der Waals surface area contributed by atoms with Crippen LogP contribution in [0.15, 0.2) is 12.2 Å². The monoisotopic (exact) mass is 338 g/mol. The maximum Gasteiger partial charge on any atom is 0.333 e. The third kappa shape index (κ3) is 16.1. The van der Waals surface area contributed by atoms with Crippen molar-refractivity contribution in [1.82, 2.24) is 0 Å². The van der Waals surface area contributed by atoms with Crippen molar-refractivity contribution >= 4 is 5.97 Å². The first-order valence-electron chi connectivity index (χ1n) is 10.3. The van der Waals surface area contributed by atoms with E-state index in [4.69, 9.17) is 4.74 Å². The van der Waals surface area contributed by atoms with Gasteiger partial charge in [0.15, 0.2) is 0 Å². The molecule has 0 aliphatic rings. The van der Waals surface area contributed by atoms with E-state index < -0.39 is 0 Å². The number of hydrogen-bond acceptors (Lipinski definition) is 2. The van der Waals surface area contributed by atoms with Crippen LogP contribution in [-0.2, 0) is 9.53 Å². The first-order valence-corrected chi connectivity index (χ1v) is 10.3. The van der Waals surface area contributed by atoms with Gasteiger partial charge in [0.1, 0.15) is 0 Å². The molecule has 24 heavy (non-hydrogen) atoms. The highest BCUT2D eigenvalue weighted by atomic mass is 16.5. The van der Waals surface area contributed by atoms with E-state index in [9.17, 15) is 4.79 Å². The Morgan fingerprint density at radius 1 is 0.792 bits per heavy atom. The summed E-state index contributed by atoms with van der Waals surface area (Å²) in [5.74, 6) is 1.49. The van der Waals surface area contributed by atoms with Crippen molar-refractivity contribution < 1.29 is 9.53 Å². The minimum atomic E-state index is -0.256. The SMILES string of the molecule is C=C(C)C(=O)OCCCCCCCC(C)CCCCCCC(C)C. The van der Waals surface area contributed by atoms with Crippen LogP contribution in [0.2, 0.25) is 0 Å². The molecule has 0 spiro atoms. The second-order valence-electron chi connectivity index (χ2n) is 7.96. The molecule has 0 saturated heterocycles. The molecular weight excluding hydrogens is 296 g/mol. The lowest BCUT2D eigenvalue weighted by Crippen LogP contribution is -2.06. The fraction of sp³-hybridized carbons (Fsp3) is 0.864. The zero-order valence-electron chi connectivity index (χ0n) is 16.9. The predicted molar refractivity (Wildman–Crippen MR) is 105 cm³/mol. The third-order valence-electron chi connectivity index (χ3n) is 4.65. The number of unbranched alkanes of at least 4 members (excludes halogenated alkanes) is 7. The number of ether oxygens (including phenoxy) is 1. The molecular formula is C22H42O2. The van der Waals surface area contributed by atoms with Gasteiger partial charge in [-0.3, -0.25) is 0 Å². The van der Waals surface area contributed by atoms with Gasteiger partial charge in [0, 0.05) is 5.57 Å². The van der Waals surface area contributed by atoms with Crippen LogP contribution in [0.3, 0.4) is 0 Å². The lowest BCUT2D eigenvalue weighted by atomic mass is 9.95. The fourth-order valence-electron chi connectivity index (χ4n) is 2.96. The van der Waals surface area contributed by atoms with Gasteiger partial charge in [-0.2, -0.15) is 0 Å². The van der Waals surface area contributed by atoms with Crippen molar-refractivity contribution in [2.24, 2.45) is 11.8 Å². The maximum atomic E-state index is 11.2. The molecule has 0 aliphatic carbocycles. The number of carbonyl (C=O) groups is 1. The zero-order valence-corrected chi connectivity index (χ0v) is 16.9. The molecule has 0 aromatic rings. The third-order valence-corrected chi connectivity index (χ3v) is 4.65. The molecule has 0 aromatic carbocycles. The number of rotatable bonds is 16. The molecule has 0 bridgehead atoms. The standard InChI is InChI=1S/C22H42O2/c1-19(2)15-11-8-9-13-17-21(5)16-12-7-6-10-14-18-24-22(23)20(3)4/h19,21H,3,6-18H2,1-2,4-5H3. The topological polar surface area (TPSA) is 26.3 Å². The highest BCUT2D eigenvalue weighted by Crippen LogP contribution is 2.18. The van der Waals surface area contributed by atoms with Crippen LogP contribution >= 0.6 is 0 Å². The summed E-state index contributed by atoms with van der Waals surface area (Å²) in [4.78, 5) is 11.2. The molecule has 0 rings (SSSR count). The Bertz CT molecular complexity index is 320. The van der Waals surface area contributed by atoms with Crippen molar-refractivity contribution in [3.8, 4) is 0 Å². The fourth-order valence-corrected chi connectivity index (χ4v) is 2.96. The summed E-state index contributed by atoms with van der Waals surface area (Å²) >= 11 is 0. The van der Waals surface area contributed by atoms with Gasteiger partial charge in [-0.05, 0) is 25.2 Å². The highest BCUT2D eigenvalue weighted by Gasteiger charge is 2.04. The number of hydrogen-bond donors (Lipinski definition) is 0.